The minimum Gasteiger partial charge on any atom is -0.462 e. The van der Waals surface area contributed by atoms with Gasteiger partial charge in [-0.15, -0.1) is 0 Å². The van der Waals surface area contributed by atoms with E-state index < -0.39 is 11.9 Å². The van der Waals surface area contributed by atoms with Crippen LogP contribution in [0, 0.1) is 6.92 Å². The van der Waals surface area contributed by atoms with Gasteiger partial charge in [-0.3, -0.25) is 0 Å². The van der Waals surface area contributed by atoms with E-state index in [0.717, 1.165) is 0 Å². The third kappa shape index (κ3) is 3.35. The first kappa shape index (κ1) is 15.6. The number of hydrogen-bond acceptors (Lipinski definition) is 5. The Balaban J connectivity index is 1.79. The molecule has 1 aromatic heterocycles. The normalized spacial score (nSPS) is 10.2. The predicted molar refractivity (Wildman–Crippen MR) is 86.2 cm³/mol. The SMILES string of the molecule is Cc1occ(OC(=O)c2ccccc2)c1OC(=O)c1ccccc1. The third-order valence-corrected chi connectivity index (χ3v) is 3.30. The lowest BCUT2D eigenvalue weighted by Gasteiger charge is -2.06. The van der Waals surface area contributed by atoms with Gasteiger partial charge >= 0.3 is 11.9 Å². The van der Waals surface area contributed by atoms with Crippen LogP contribution in [-0.2, 0) is 0 Å². The summed E-state index contributed by atoms with van der Waals surface area (Å²) in [5.74, 6) is -0.626. The highest BCUT2D eigenvalue weighted by Crippen LogP contribution is 2.34. The van der Waals surface area contributed by atoms with Gasteiger partial charge in [0.2, 0.25) is 11.5 Å². The first-order valence-corrected chi connectivity index (χ1v) is 7.27. The van der Waals surface area contributed by atoms with Crippen LogP contribution in [0.2, 0.25) is 0 Å². The van der Waals surface area contributed by atoms with Gasteiger partial charge in [-0.2, -0.15) is 0 Å². The van der Waals surface area contributed by atoms with Crippen molar-refractivity contribution < 1.29 is 23.5 Å². The van der Waals surface area contributed by atoms with Crippen LogP contribution in [0.3, 0.4) is 0 Å². The molecule has 0 spiro atoms. The number of carbonyl (C=O) groups is 2. The van der Waals surface area contributed by atoms with Crippen molar-refractivity contribution in [2.75, 3.05) is 0 Å². The number of esters is 2. The minimum atomic E-state index is -0.562. The maximum Gasteiger partial charge on any atom is 0.343 e. The summed E-state index contributed by atoms with van der Waals surface area (Å²) in [4.78, 5) is 24.3. The topological polar surface area (TPSA) is 65.7 Å². The summed E-state index contributed by atoms with van der Waals surface area (Å²) in [6.45, 7) is 1.62. The van der Waals surface area contributed by atoms with Gasteiger partial charge in [0, 0.05) is 0 Å². The van der Waals surface area contributed by atoms with Crippen molar-refractivity contribution >= 4 is 11.9 Å². The molecule has 3 rings (SSSR count). The number of furan rings is 1. The first-order valence-electron chi connectivity index (χ1n) is 7.27. The molecule has 0 N–H and O–H groups in total. The second kappa shape index (κ2) is 6.83. The van der Waals surface area contributed by atoms with E-state index in [1.165, 1.54) is 6.26 Å². The standard InChI is InChI=1S/C19H14O5/c1-13-17(24-19(21)15-10-6-3-7-11-15)16(12-22-13)23-18(20)14-8-4-2-5-9-14/h2-12H,1H3. The molecule has 0 amide bonds. The van der Waals surface area contributed by atoms with Crippen molar-refractivity contribution in [2.24, 2.45) is 0 Å². The van der Waals surface area contributed by atoms with Crippen molar-refractivity contribution in [3.63, 3.8) is 0 Å². The third-order valence-electron chi connectivity index (χ3n) is 3.30. The molecule has 5 nitrogen and oxygen atoms in total. The van der Waals surface area contributed by atoms with Gasteiger partial charge in [0.15, 0.2) is 0 Å². The van der Waals surface area contributed by atoms with E-state index in [1.807, 2.05) is 0 Å². The molecule has 1 heterocycles. The molecule has 5 heteroatoms. The van der Waals surface area contributed by atoms with Gasteiger partial charge in [0.25, 0.3) is 0 Å². The zero-order chi connectivity index (χ0) is 16.9. The molecule has 2 aromatic carbocycles. The molecular weight excluding hydrogens is 308 g/mol. The molecule has 0 aliphatic carbocycles. The Morgan fingerprint density at radius 3 is 1.83 bits per heavy atom. The highest BCUT2D eigenvalue weighted by Gasteiger charge is 2.21. The van der Waals surface area contributed by atoms with Crippen LogP contribution < -0.4 is 9.47 Å². The van der Waals surface area contributed by atoms with Crippen LogP contribution in [0.25, 0.3) is 0 Å². The molecule has 0 bridgehead atoms. The predicted octanol–water partition coefficient (Wildman–Crippen LogP) is 4.03. The molecule has 0 atom stereocenters. The summed E-state index contributed by atoms with van der Waals surface area (Å²) >= 11 is 0. The van der Waals surface area contributed by atoms with Gasteiger partial charge < -0.3 is 13.9 Å². The fourth-order valence-corrected chi connectivity index (χ4v) is 2.07. The largest absolute Gasteiger partial charge is 0.462 e. The van der Waals surface area contributed by atoms with E-state index in [-0.39, 0.29) is 11.5 Å². The molecule has 0 saturated heterocycles. The first-order chi connectivity index (χ1) is 11.6. The summed E-state index contributed by atoms with van der Waals surface area (Å²) in [7, 11) is 0. The van der Waals surface area contributed by atoms with Crippen LogP contribution in [0.4, 0.5) is 0 Å². The van der Waals surface area contributed by atoms with Crippen LogP contribution >= 0.6 is 0 Å². The van der Waals surface area contributed by atoms with Gasteiger partial charge in [-0.25, -0.2) is 9.59 Å². The van der Waals surface area contributed by atoms with Crippen molar-refractivity contribution in [1.82, 2.24) is 0 Å². The number of rotatable bonds is 4. The maximum absolute atomic E-state index is 12.2. The van der Waals surface area contributed by atoms with Gasteiger partial charge in [0.05, 0.1) is 11.1 Å². The van der Waals surface area contributed by atoms with E-state index in [2.05, 4.69) is 0 Å². The Bertz CT molecular complexity index is 850. The number of carbonyl (C=O) groups excluding carboxylic acids is 2. The molecule has 0 fully saturated rings. The zero-order valence-corrected chi connectivity index (χ0v) is 12.9. The van der Waals surface area contributed by atoms with Crippen LogP contribution in [0.15, 0.2) is 71.3 Å². The van der Waals surface area contributed by atoms with Crippen molar-refractivity contribution in [3.8, 4) is 11.5 Å². The highest BCUT2D eigenvalue weighted by molar-refractivity contribution is 5.93. The van der Waals surface area contributed by atoms with E-state index in [4.69, 9.17) is 13.9 Å². The molecule has 0 saturated carbocycles. The number of aryl methyl sites for hydroxylation is 1. The quantitative estimate of drug-likeness (QED) is 0.679. The second-order valence-electron chi connectivity index (χ2n) is 5.00. The molecule has 3 aromatic rings. The van der Waals surface area contributed by atoms with E-state index in [9.17, 15) is 9.59 Å². The molecule has 0 unspecified atom stereocenters. The Labute approximate surface area is 138 Å². The number of hydrogen-bond donors (Lipinski definition) is 0. The van der Waals surface area contributed by atoms with E-state index in [1.54, 1.807) is 67.6 Å². The maximum atomic E-state index is 12.2. The molecule has 24 heavy (non-hydrogen) atoms. The Hall–Kier alpha value is -3.34. The lowest BCUT2D eigenvalue weighted by Crippen LogP contribution is -2.12. The lowest BCUT2D eigenvalue weighted by atomic mass is 10.2. The molecule has 0 aliphatic rings. The number of ether oxygens (including phenoxy) is 2. The van der Waals surface area contributed by atoms with Gasteiger partial charge in [-0.05, 0) is 31.2 Å². The average molecular weight is 322 g/mol. The second-order valence-corrected chi connectivity index (χ2v) is 5.00. The minimum absolute atomic E-state index is 0.0608. The number of benzene rings is 2. The van der Waals surface area contributed by atoms with Crippen molar-refractivity contribution in [2.45, 2.75) is 6.92 Å². The van der Waals surface area contributed by atoms with Crippen LogP contribution in [0.1, 0.15) is 26.5 Å². The highest BCUT2D eigenvalue weighted by atomic mass is 16.6. The average Bonchev–Trinajstić information content (AvgIpc) is 2.96. The Kier molecular flexibility index (Phi) is 4.43. The summed E-state index contributed by atoms with van der Waals surface area (Å²) in [5.41, 5.74) is 0.773. The van der Waals surface area contributed by atoms with Crippen molar-refractivity contribution in [3.05, 3.63) is 83.8 Å². The molecule has 0 radical (unpaired) electrons. The zero-order valence-electron chi connectivity index (χ0n) is 12.9. The smallest absolute Gasteiger partial charge is 0.343 e. The molecular formula is C19H14O5. The Morgan fingerprint density at radius 2 is 1.29 bits per heavy atom. The summed E-state index contributed by atoms with van der Waals surface area (Å²) in [5, 5.41) is 0. The lowest BCUT2D eigenvalue weighted by molar-refractivity contribution is 0.0683. The summed E-state index contributed by atoms with van der Waals surface area (Å²) < 4.78 is 15.8. The van der Waals surface area contributed by atoms with Crippen molar-refractivity contribution in [1.29, 1.82) is 0 Å². The van der Waals surface area contributed by atoms with Gasteiger partial charge in [0.1, 0.15) is 12.0 Å². The summed E-state index contributed by atoms with van der Waals surface area (Å²) in [6, 6.07) is 17.0. The van der Waals surface area contributed by atoms with Gasteiger partial charge in [-0.1, -0.05) is 36.4 Å². The summed E-state index contributed by atoms with van der Waals surface area (Å²) in [6.07, 6.45) is 1.24. The monoisotopic (exact) mass is 322 g/mol. The van der Waals surface area contributed by atoms with E-state index >= 15 is 0 Å². The Morgan fingerprint density at radius 1 is 0.792 bits per heavy atom. The van der Waals surface area contributed by atoms with E-state index in [0.29, 0.717) is 16.9 Å². The molecule has 0 aliphatic heterocycles. The van der Waals surface area contributed by atoms with Crippen LogP contribution in [-0.4, -0.2) is 11.9 Å². The van der Waals surface area contributed by atoms with Crippen LogP contribution in [0.5, 0.6) is 11.5 Å². The fraction of sp³-hybridized carbons (Fsp3) is 0.0526. The molecule has 120 valence electrons. The fourth-order valence-electron chi connectivity index (χ4n) is 2.07.